The summed E-state index contributed by atoms with van der Waals surface area (Å²) in [6, 6.07) is 1.54. The van der Waals surface area contributed by atoms with Crippen LogP contribution < -0.4 is 0 Å². The van der Waals surface area contributed by atoms with Crippen molar-refractivity contribution < 1.29 is 4.74 Å². The Morgan fingerprint density at radius 1 is 1.10 bits per heavy atom. The maximum Gasteiger partial charge on any atom is 0.0593 e. The van der Waals surface area contributed by atoms with Crippen LogP contribution in [-0.2, 0) is 4.74 Å². The van der Waals surface area contributed by atoms with E-state index in [0.29, 0.717) is 0 Å². The predicted molar refractivity (Wildman–Crippen MR) is 85.1 cm³/mol. The maximum absolute atomic E-state index is 5.83. The zero-order chi connectivity index (χ0) is 14.5. The first kappa shape index (κ1) is 16.3. The van der Waals surface area contributed by atoms with E-state index in [2.05, 4.69) is 37.5 Å². The molecule has 3 heteroatoms. The molecule has 2 aliphatic heterocycles. The lowest BCUT2D eigenvalue weighted by Crippen LogP contribution is -2.58. The number of piperazine rings is 1. The highest BCUT2D eigenvalue weighted by atomic mass is 16.5. The largest absolute Gasteiger partial charge is 0.380 e. The number of fused-ring (bicyclic) bond motifs is 1. The Balaban J connectivity index is 1.75. The van der Waals surface area contributed by atoms with Gasteiger partial charge in [-0.05, 0) is 37.6 Å². The van der Waals surface area contributed by atoms with E-state index < -0.39 is 0 Å². The lowest BCUT2D eigenvalue weighted by atomic mass is 9.97. The van der Waals surface area contributed by atoms with Gasteiger partial charge in [-0.3, -0.25) is 9.80 Å². The Morgan fingerprint density at radius 3 is 2.60 bits per heavy atom. The van der Waals surface area contributed by atoms with Crippen molar-refractivity contribution in [3.05, 3.63) is 0 Å². The van der Waals surface area contributed by atoms with E-state index in [4.69, 9.17) is 4.74 Å². The molecule has 0 aromatic rings. The SMILES string of the molecule is CC(C)CCOCCN1CC2CCCN2CC1C(C)C. The predicted octanol–water partition coefficient (Wildman–Crippen LogP) is 2.85. The van der Waals surface area contributed by atoms with Gasteiger partial charge >= 0.3 is 0 Å². The normalized spacial score (nSPS) is 28.5. The van der Waals surface area contributed by atoms with Gasteiger partial charge in [0, 0.05) is 38.3 Å². The van der Waals surface area contributed by atoms with Gasteiger partial charge in [0.2, 0.25) is 0 Å². The van der Waals surface area contributed by atoms with Crippen molar-refractivity contribution in [2.75, 3.05) is 39.4 Å². The average molecular weight is 282 g/mol. The first-order valence-corrected chi connectivity index (χ1v) is 8.63. The minimum atomic E-state index is 0.720. The molecule has 3 nitrogen and oxygen atoms in total. The van der Waals surface area contributed by atoms with Crippen LogP contribution in [0.3, 0.4) is 0 Å². The first-order chi connectivity index (χ1) is 9.58. The van der Waals surface area contributed by atoms with E-state index >= 15 is 0 Å². The molecule has 0 bridgehead atoms. The minimum Gasteiger partial charge on any atom is -0.380 e. The third-order valence-electron chi connectivity index (χ3n) is 4.97. The van der Waals surface area contributed by atoms with E-state index in [1.165, 1.54) is 38.9 Å². The van der Waals surface area contributed by atoms with Crippen LogP contribution in [0.5, 0.6) is 0 Å². The van der Waals surface area contributed by atoms with E-state index in [9.17, 15) is 0 Å². The Hall–Kier alpha value is -0.120. The van der Waals surface area contributed by atoms with Crippen molar-refractivity contribution in [2.45, 2.75) is 59.0 Å². The monoisotopic (exact) mass is 282 g/mol. The molecular formula is C17H34N2O. The molecule has 2 heterocycles. The summed E-state index contributed by atoms with van der Waals surface area (Å²) in [7, 11) is 0. The fourth-order valence-corrected chi connectivity index (χ4v) is 3.60. The molecule has 2 fully saturated rings. The molecule has 0 spiro atoms. The molecule has 0 saturated carbocycles. The van der Waals surface area contributed by atoms with Gasteiger partial charge in [0.05, 0.1) is 6.61 Å². The Bertz CT molecular complexity index is 280. The summed E-state index contributed by atoms with van der Waals surface area (Å²) in [4.78, 5) is 5.42. The van der Waals surface area contributed by atoms with Crippen LogP contribution in [0.1, 0.15) is 47.0 Å². The van der Waals surface area contributed by atoms with Crippen LogP contribution in [0.2, 0.25) is 0 Å². The fraction of sp³-hybridized carbons (Fsp3) is 1.00. The van der Waals surface area contributed by atoms with Crippen molar-refractivity contribution in [1.82, 2.24) is 9.80 Å². The van der Waals surface area contributed by atoms with Crippen molar-refractivity contribution >= 4 is 0 Å². The molecule has 0 radical (unpaired) electrons. The van der Waals surface area contributed by atoms with Gasteiger partial charge in [0.25, 0.3) is 0 Å². The van der Waals surface area contributed by atoms with E-state index in [-0.39, 0.29) is 0 Å². The van der Waals surface area contributed by atoms with Crippen LogP contribution in [0, 0.1) is 11.8 Å². The average Bonchev–Trinajstić information content (AvgIpc) is 2.83. The van der Waals surface area contributed by atoms with E-state index in [1.54, 1.807) is 0 Å². The molecule has 2 rings (SSSR count). The quantitative estimate of drug-likeness (QED) is 0.668. The summed E-state index contributed by atoms with van der Waals surface area (Å²) in [5.41, 5.74) is 0. The van der Waals surface area contributed by atoms with Crippen molar-refractivity contribution in [1.29, 1.82) is 0 Å². The summed E-state index contributed by atoms with van der Waals surface area (Å²) < 4.78 is 5.83. The van der Waals surface area contributed by atoms with Crippen LogP contribution in [0.25, 0.3) is 0 Å². The highest BCUT2D eigenvalue weighted by Gasteiger charge is 2.36. The second kappa shape index (κ2) is 7.77. The van der Waals surface area contributed by atoms with Gasteiger partial charge in [-0.15, -0.1) is 0 Å². The van der Waals surface area contributed by atoms with Gasteiger partial charge < -0.3 is 4.74 Å². The Morgan fingerprint density at radius 2 is 1.90 bits per heavy atom. The zero-order valence-electron chi connectivity index (χ0n) is 14.0. The van der Waals surface area contributed by atoms with Gasteiger partial charge in [-0.1, -0.05) is 27.7 Å². The topological polar surface area (TPSA) is 15.7 Å². The van der Waals surface area contributed by atoms with Gasteiger partial charge in [0.1, 0.15) is 0 Å². The summed E-state index contributed by atoms with van der Waals surface area (Å²) in [6.07, 6.45) is 3.98. The smallest absolute Gasteiger partial charge is 0.0593 e. The molecule has 0 aromatic carbocycles. The molecule has 2 aliphatic rings. The summed E-state index contributed by atoms with van der Waals surface area (Å²) in [5.74, 6) is 1.49. The zero-order valence-corrected chi connectivity index (χ0v) is 14.0. The molecule has 0 aromatic heterocycles. The van der Waals surface area contributed by atoms with Crippen molar-refractivity contribution in [2.24, 2.45) is 11.8 Å². The van der Waals surface area contributed by atoms with Crippen molar-refractivity contribution in [3.63, 3.8) is 0 Å². The van der Waals surface area contributed by atoms with Crippen LogP contribution >= 0.6 is 0 Å². The Labute approximate surface area is 125 Å². The summed E-state index contributed by atoms with van der Waals surface area (Å²) in [6.45, 7) is 16.1. The van der Waals surface area contributed by atoms with Crippen molar-refractivity contribution in [3.8, 4) is 0 Å². The lowest BCUT2D eigenvalue weighted by Gasteiger charge is -2.45. The minimum absolute atomic E-state index is 0.720. The fourth-order valence-electron chi connectivity index (χ4n) is 3.60. The molecule has 2 unspecified atom stereocenters. The Kier molecular flexibility index (Phi) is 6.31. The third-order valence-corrected chi connectivity index (χ3v) is 4.97. The lowest BCUT2D eigenvalue weighted by molar-refractivity contribution is 0.00640. The van der Waals surface area contributed by atoms with Gasteiger partial charge in [-0.25, -0.2) is 0 Å². The van der Waals surface area contributed by atoms with Gasteiger partial charge in [0.15, 0.2) is 0 Å². The highest BCUT2D eigenvalue weighted by Crippen LogP contribution is 2.27. The third kappa shape index (κ3) is 4.44. The van der Waals surface area contributed by atoms with E-state index in [1.807, 2.05) is 0 Å². The first-order valence-electron chi connectivity index (χ1n) is 8.63. The standard InChI is InChI=1S/C17H34N2O/c1-14(2)7-10-20-11-9-19-12-16-6-5-8-18(16)13-17(19)15(3)4/h14-17H,5-13H2,1-4H3. The molecular weight excluding hydrogens is 248 g/mol. The molecule has 20 heavy (non-hydrogen) atoms. The second-order valence-electron chi connectivity index (χ2n) is 7.39. The van der Waals surface area contributed by atoms with E-state index in [0.717, 1.165) is 43.7 Å². The summed E-state index contributed by atoms with van der Waals surface area (Å²) in [5, 5.41) is 0. The molecule has 2 atom stereocenters. The number of nitrogens with zero attached hydrogens (tertiary/aromatic N) is 2. The second-order valence-corrected chi connectivity index (χ2v) is 7.39. The number of rotatable bonds is 7. The molecule has 0 N–H and O–H groups in total. The molecule has 118 valence electrons. The highest BCUT2D eigenvalue weighted by molar-refractivity contribution is 4.93. The van der Waals surface area contributed by atoms with Crippen LogP contribution in [0.4, 0.5) is 0 Å². The summed E-state index contributed by atoms with van der Waals surface area (Å²) >= 11 is 0. The maximum atomic E-state index is 5.83. The molecule has 0 aliphatic carbocycles. The number of hydrogen-bond acceptors (Lipinski definition) is 3. The molecule has 0 amide bonds. The number of hydrogen-bond donors (Lipinski definition) is 0. The van der Waals surface area contributed by atoms with Crippen LogP contribution in [-0.4, -0.2) is 61.3 Å². The number of ether oxygens (including phenoxy) is 1. The van der Waals surface area contributed by atoms with Gasteiger partial charge in [-0.2, -0.15) is 0 Å². The molecule has 2 saturated heterocycles. The van der Waals surface area contributed by atoms with Crippen LogP contribution in [0.15, 0.2) is 0 Å².